The Morgan fingerprint density at radius 2 is 1.67 bits per heavy atom. The standard InChI is InChI=1S/C28H32O17/c1-10(29)21(33)23(35)25(37)27(39)42-9-19-22(34)24(36)26(38)28(40,45-19)44-12-6-14(31)20-15(32)8-17(43-18(20)7-12)11-3-4-16(41-2)13(30)5-11/h3-8,10,19,21-26,29-31,33-38,40H,9H2,1-2H3/t10-,19+,21-,22+,23+,24-,25+,26+,28?/m1/s1. The zero-order chi connectivity index (χ0) is 33.4. The minimum absolute atomic E-state index is 0.0524. The van der Waals surface area contributed by atoms with Crippen LogP contribution >= 0.6 is 0 Å². The number of carbonyl (C=O) groups excluding carboxylic acids is 1. The average molecular weight is 641 g/mol. The van der Waals surface area contributed by atoms with Crippen LogP contribution in [0.1, 0.15) is 6.92 Å². The van der Waals surface area contributed by atoms with Gasteiger partial charge in [0.25, 0.3) is 0 Å². The van der Waals surface area contributed by atoms with Crippen molar-refractivity contribution < 1.29 is 79.2 Å². The Balaban J connectivity index is 1.58. The lowest BCUT2D eigenvalue weighted by molar-refractivity contribution is -0.422. The molecule has 17 heteroatoms. The van der Waals surface area contributed by atoms with Gasteiger partial charge in [-0.1, -0.05) is 0 Å². The number of methoxy groups -OCH3 is 1. The Morgan fingerprint density at radius 3 is 2.29 bits per heavy atom. The van der Waals surface area contributed by atoms with Crippen LogP contribution in [-0.4, -0.2) is 126 Å². The van der Waals surface area contributed by atoms with Crippen LogP contribution in [0.2, 0.25) is 0 Å². The molecule has 0 saturated carbocycles. The molecule has 246 valence electrons. The summed E-state index contributed by atoms with van der Waals surface area (Å²) in [6.45, 7) is 0.0835. The number of aromatic hydroxyl groups is 2. The molecule has 1 aromatic heterocycles. The maximum absolute atomic E-state index is 12.8. The van der Waals surface area contributed by atoms with Crippen LogP contribution < -0.4 is 14.9 Å². The quantitative estimate of drug-likeness (QED) is 0.0802. The average Bonchev–Trinajstić information content (AvgIpc) is 2.99. The number of phenols is 2. The van der Waals surface area contributed by atoms with Crippen LogP contribution in [0.4, 0.5) is 0 Å². The Morgan fingerprint density at radius 1 is 0.978 bits per heavy atom. The summed E-state index contributed by atoms with van der Waals surface area (Å²) in [6.07, 6.45) is -16.4. The Labute approximate surface area is 252 Å². The van der Waals surface area contributed by atoms with Gasteiger partial charge in [0.2, 0.25) is 0 Å². The van der Waals surface area contributed by atoms with E-state index in [0.29, 0.717) is 0 Å². The van der Waals surface area contributed by atoms with Gasteiger partial charge in [0.1, 0.15) is 65.4 Å². The Kier molecular flexibility index (Phi) is 9.88. The number of aliphatic hydroxyl groups is 8. The van der Waals surface area contributed by atoms with Crippen molar-refractivity contribution in [2.75, 3.05) is 13.7 Å². The molecule has 0 bridgehead atoms. The topological polar surface area (TPSA) is 286 Å². The predicted octanol–water partition coefficient (Wildman–Crippen LogP) is -2.61. The van der Waals surface area contributed by atoms with E-state index in [-0.39, 0.29) is 33.8 Å². The maximum Gasteiger partial charge on any atom is 0.355 e. The summed E-state index contributed by atoms with van der Waals surface area (Å²) in [5.41, 5.74) is -0.739. The van der Waals surface area contributed by atoms with Crippen LogP contribution in [0, 0.1) is 0 Å². The van der Waals surface area contributed by atoms with Gasteiger partial charge in [-0.3, -0.25) is 4.79 Å². The largest absolute Gasteiger partial charge is 0.507 e. The van der Waals surface area contributed by atoms with E-state index in [4.69, 9.17) is 23.4 Å². The van der Waals surface area contributed by atoms with Crippen molar-refractivity contribution in [3.8, 4) is 34.3 Å². The monoisotopic (exact) mass is 640 g/mol. The molecule has 45 heavy (non-hydrogen) atoms. The lowest BCUT2D eigenvalue weighted by atomic mass is 9.97. The third-order valence-corrected chi connectivity index (χ3v) is 7.06. The van der Waals surface area contributed by atoms with Gasteiger partial charge in [-0.25, -0.2) is 4.79 Å². The minimum atomic E-state index is -3.18. The number of hydrogen-bond acceptors (Lipinski definition) is 17. The second-order valence-corrected chi connectivity index (χ2v) is 10.3. The first-order valence-electron chi connectivity index (χ1n) is 13.3. The highest BCUT2D eigenvalue weighted by molar-refractivity contribution is 5.86. The van der Waals surface area contributed by atoms with Gasteiger partial charge in [0.15, 0.2) is 29.1 Å². The number of esters is 1. The molecule has 1 aliphatic heterocycles. The Bertz CT molecular complexity index is 1590. The van der Waals surface area contributed by atoms with Crippen molar-refractivity contribution in [2.45, 2.75) is 61.7 Å². The number of rotatable bonds is 10. The van der Waals surface area contributed by atoms with E-state index in [1.807, 2.05) is 0 Å². The molecular weight excluding hydrogens is 608 g/mol. The summed E-state index contributed by atoms with van der Waals surface area (Å²) in [5.74, 6) is -6.06. The molecule has 2 aromatic carbocycles. The zero-order valence-electron chi connectivity index (χ0n) is 23.6. The summed E-state index contributed by atoms with van der Waals surface area (Å²) >= 11 is 0. The highest BCUT2D eigenvalue weighted by atomic mass is 16.8. The fourth-order valence-corrected chi connectivity index (χ4v) is 4.51. The Hall–Kier alpha value is -4.04. The third kappa shape index (κ3) is 6.81. The van der Waals surface area contributed by atoms with E-state index < -0.39 is 84.3 Å². The van der Waals surface area contributed by atoms with E-state index in [1.165, 1.54) is 25.3 Å². The molecule has 17 nitrogen and oxygen atoms in total. The number of phenolic OH excluding ortho intramolecular Hbond substituents is 2. The first kappa shape index (κ1) is 33.8. The van der Waals surface area contributed by atoms with Crippen molar-refractivity contribution in [3.05, 3.63) is 46.6 Å². The summed E-state index contributed by atoms with van der Waals surface area (Å²) in [7, 11) is 1.34. The maximum atomic E-state index is 12.8. The molecule has 0 radical (unpaired) electrons. The van der Waals surface area contributed by atoms with Gasteiger partial charge >= 0.3 is 11.9 Å². The molecule has 0 spiro atoms. The van der Waals surface area contributed by atoms with E-state index in [1.54, 1.807) is 0 Å². The zero-order valence-corrected chi connectivity index (χ0v) is 23.6. The summed E-state index contributed by atoms with van der Waals surface area (Å²) < 4.78 is 26.0. The van der Waals surface area contributed by atoms with Gasteiger partial charge < -0.3 is 74.4 Å². The van der Waals surface area contributed by atoms with Crippen molar-refractivity contribution in [2.24, 2.45) is 0 Å². The first-order chi connectivity index (χ1) is 21.1. The van der Waals surface area contributed by atoms with Crippen molar-refractivity contribution >= 4 is 16.9 Å². The second-order valence-electron chi connectivity index (χ2n) is 10.3. The van der Waals surface area contributed by atoms with E-state index >= 15 is 0 Å². The summed E-state index contributed by atoms with van der Waals surface area (Å²) in [4.78, 5) is 25.0. The van der Waals surface area contributed by atoms with Gasteiger partial charge in [-0.2, -0.15) is 0 Å². The molecule has 1 fully saturated rings. The van der Waals surface area contributed by atoms with Crippen LogP contribution in [0.5, 0.6) is 23.0 Å². The number of hydrogen-bond donors (Lipinski definition) is 10. The van der Waals surface area contributed by atoms with Crippen LogP contribution in [0.25, 0.3) is 22.3 Å². The smallest absolute Gasteiger partial charge is 0.355 e. The number of fused-ring (bicyclic) bond motifs is 1. The van der Waals surface area contributed by atoms with Crippen molar-refractivity contribution in [3.63, 3.8) is 0 Å². The molecule has 1 unspecified atom stereocenters. The fourth-order valence-electron chi connectivity index (χ4n) is 4.51. The summed E-state index contributed by atoms with van der Waals surface area (Å²) in [5, 5.41) is 101. The molecule has 0 amide bonds. The van der Waals surface area contributed by atoms with E-state index in [2.05, 4.69) is 0 Å². The number of ether oxygens (including phenoxy) is 4. The molecule has 0 aliphatic carbocycles. The van der Waals surface area contributed by atoms with Gasteiger partial charge in [0.05, 0.1) is 13.2 Å². The molecule has 1 saturated heterocycles. The molecule has 10 N–H and O–H groups in total. The van der Waals surface area contributed by atoms with Crippen LogP contribution in [0.3, 0.4) is 0 Å². The second kappa shape index (κ2) is 13.1. The lowest BCUT2D eigenvalue weighted by Crippen LogP contribution is -2.67. The van der Waals surface area contributed by atoms with Gasteiger partial charge in [-0.15, -0.1) is 0 Å². The number of aliphatic hydroxyl groups excluding tert-OH is 7. The van der Waals surface area contributed by atoms with Gasteiger partial charge in [-0.05, 0) is 25.1 Å². The minimum Gasteiger partial charge on any atom is -0.507 e. The highest BCUT2D eigenvalue weighted by Gasteiger charge is 2.56. The van der Waals surface area contributed by atoms with Crippen molar-refractivity contribution in [1.29, 1.82) is 0 Å². The van der Waals surface area contributed by atoms with Crippen molar-refractivity contribution in [1.82, 2.24) is 0 Å². The lowest BCUT2D eigenvalue weighted by Gasteiger charge is -2.44. The fraction of sp³-hybridized carbons (Fsp3) is 0.429. The molecule has 1 aliphatic rings. The first-order valence-corrected chi connectivity index (χ1v) is 13.3. The molecule has 4 rings (SSSR count). The normalized spacial score (nSPS) is 26.1. The van der Waals surface area contributed by atoms with Crippen LogP contribution in [-0.2, 0) is 14.3 Å². The van der Waals surface area contributed by atoms with Crippen LogP contribution in [0.15, 0.2) is 45.6 Å². The molecular formula is C28H32O17. The number of benzene rings is 2. The number of carbonyl (C=O) groups is 1. The highest BCUT2D eigenvalue weighted by Crippen LogP contribution is 2.37. The summed E-state index contributed by atoms with van der Waals surface area (Å²) in [6, 6.07) is 7.08. The molecule has 2 heterocycles. The van der Waals surface area contributed by atoms with E-state index in [0.717, 1.165) is 25.1 Å². The van der Waals surface area contributed by atoms with Gasteiger partial charge in [0, 0.05) is 23.8 Å². The molecule has 9 atom stereocenters. The predicted molar refractivity (Wildman–Crippen MR) is 147 cm³/mol. The molecule has 3 aromatic rings. The SMILES string of the molecule is COc1ccc(-c2cc(=O)c3c(O)cc(OC4(O)O[C@@H](COC(=O)[C@@H](O)[C@@H](O)[C@H](O)[C@@H](C)O)[C@H](O)[C@@H](O)[C@@H]4O)cc3o2)cc1O. The van der Waals surface area contributed by atoms with E-state index in [9.17, 15) is 60.7 Å². The third-order valence-electron chi connectivity index (χ3n) is 7.06.